The van der Waals surface area contributed by atoms with Crippen molar-refractivity contribution in [2.75, 3.05) is 5.32 Å². The second-order valence-corrected chi connectivity index (χ2v) is 8.57. The molecule has 1 aliphatic carbocycles. The lowest BCUT2D eigenvalue weighted by Gasteiger charge is -2.11. The van der Waals surface area contributed by atoms with Gasteiger partial charge in [-0.1, -0.05) is 31.0 Å². The molecule has 4 aromatic rings. The molecule has 0 aromatic carbocycles. The number of hydrogen-bond donors (Lipinski definition) is 2. The Morgan fingerprint density at radius 2 is 2.09 bits per heavy atom. The first kappa shape index (κ1) is 21.4. The van der Waals surface area contributed by atoms with Crippen LogP contribution in [0.2, 0.25) is 5.02 Å². The fraction of sp³-hybridized carbons (Fsp3) is 0.348. The first-order valence-electron chi connectivity index (χ1n) is 11.2. The van der Waals surface area contributed by atoms with Gasteiger partial charge in [0.2, 0.25) is 0 Å². The average molecular weight is 465 g/mol. The molecule has 4 aromatic heterocycles. The molecule has 4 heterocycles. The molecule has 1 fully saturated rings. The largest absolute Gasteiger partial charge is 0.366 e. The molecule has 0 spiro atoms. The molecule has 1 amide bonds. The third kappa shape index (κ3) is 4.54. The molecule has 0 unspecified atom stereocenters. The minimum Gasteiger partial charge on any atom is -0.366 e. The molecule has 0 atom stereocenters. The molecule has 170 valence electrons. The van der Waals surface area contributed by atoms with Gasteiger partial charge in [0.05, 0.1) is 42.1 Å². The Labute approximate surface area is 196 Å². The normalized spacial score (nSPS) is 13.4. The smallest absolute Gasteiger partial charge is 0.255 e. The van der Waals surface area contributed by atoms with E-state index in [0.29, 0.717) is 41.4 Å². The molecule has 0 saturated heterocycles. The summed E-state index contributed by atoms with van der Waals surface area (Å²) in [5.74, 6) is 0.803. The average Bonchev–Trinajstić information content (AvgIpc) is 3.39. The van der Waals surface area contributed by atoms with Gasteiger partial charge in [0.15, 0.2) is 5.82 Å². The van der Waals surface area contributed by atoms with E-state index in [4.69, 9.17) is 11.6 Å². The number of imidazole rings is 1. The minimum atomic E-state index is -0.191. The fourth-order valence-corrected chi connectivity index (χ4v) is 3.83. The molecule has 5 rings (SSSR count). The number of anilines is 1. The molecule has 0 aliphatic heterocycles. The quantitative estimate of drug-likeness (QED) is 0.390. The number of nitrogens with one attached hydrogen (secondary N) is 2. The van der Waals surface area contributed by atoms with E-state index >= 15 is 0 Å². The summed E-state index contributed by atoms with van der Waals surface area (Å²) in [5, 5.41) is 11.3. The number of unbranched alkanes of at least 4 members (excludes halogenated alkanes) is 1. The highest BCUT2D eigenvalue weighted by Crippen LogP contribution is 2.28. The predicted octanol–water partition coefficient (Wildman–Crippen LogP) is 3.81. The zero-order valence-corrected chi connectivity index (χ0v) is 19.1. The summed E-state index contributed by atoms with van der Waals surface area (Å²) < 4.78 is 3.60. The van der Waals surface area contributed by atoms with E-state index in [1.165, 1.54) is 0 Å². The molecule has 2 N–H and O–H groups in total. The number of aromatic nitrogens is 6. The molecular formula is C23H25ClN8O. The number of halogens is 1. The van der Waals surface area contributed by atoms with Crippen molar-refractivity contribution >= 4 is 29.0 Å². The molecular weight excluding hydrogens is 440 g/mol. The number of amides is 1. The number of pyridine rings is 1. The van der Waals surface area contributed by atoms with Crippen LogP contribution in [-0.2, 0) is 13.0 Å². The summed E-state index contributed by atoms with van der Waals surface area (Å²) in [6.07, 6.45) is 11.7. The van der Waals surface area contributed by atoms with Crippen LogP contribution in [0, 0.1) is 0 Å². The van der Waals surface area contributed by atoms with Gasteiger partial charge >= 0.3 is 0 Å². The number of rotatable bonds is 9. The molecule has 1 saturated carbocycles. The van der Waals surface area contributed by atoms with Gasteiger partial charge in [0.25, 0.3) is 11.9 Å². The summed E-state index contributed by atoms with van der Waals surface area (Å²) in [7, 11) is 0. The minimum absolute atomic E-state index is 0.191. The molecule has 33 heavy (non-hydrogen) atoms. The van der Waals surface area contributed by atoms with Crippen molar-refractivity contribution in [3.05, 3.63) is 65.0 Å². The maximum Gasteiger partial charge on any atom is 0.255 e. The maximum atomic E-state index is 13.1. The monoisotopic (exact) mass is 464 g/mol. The summed E-state index contributed by atoms with van der Waals surface area (Å²) in [4.78, 5) is 26.4. The SMILES string of the molecule is CCCCc1c(C(=O)NCc2cnc3ccccn23)cnn1-c1ncc(Cl)c(NC2CC2)n1. The van der Waals surface area contributed by atoms with Crippen molar-refractivity contribution in [1.29, 1.82) is 0 Å². The molecule has 1 aliphatic rings. The number of nitrogens with zero attached hydrogens (tertiary/aromatic N) is 6. The van der Waals surface area contributed by atoms with E-state index in [9.17, 15) is 4.79 Å². The van der Waals surface area contributed by atoms with Crippen molar-refractivity contribution < 1.29 is 4.79 Å². The molecule has 0 radical (unpaired) electrons. The van der Waals surface area contributed by atoms with Crippen LogP contribution in [0.4, 0.5) is 5.82 Å². The van der Waals surface area contributed by atoms with Gasteiger partial charge in [0.1, 0.15) is 10.7 Å². The number of fused-ring (bicyclic) bond motifs is 1. The molecule has 10 heteroatoms. The summed E-state index contributed by atoms with van der Waals surface area (Å²) in [6, 6.07) is 6.20. The zero-order chi connectivity index (χ0) is 22.8. The second kappa shape index (κ2) is 9.19. The summed E-state index contributed by atoms with van der Waals surface area (Å²) in [6.45, 7) is 2.47. The van der Waals surface area contributed by atoms with Crippen LogP contribution in [0.25, 0.3) is 11.6 Å². The second-order valence-electron chi connectivity index (χ2n) is 8.17. The van der Waals surface area contributed by atoms with Gasteiger partial charge in [-0.2, -0.15) is 10.1 Å². The lowest BCUT2D eigenvalue weighted by atomic mass is 10.1. The highest BCUT2D eigenvalue weighted by molar-refractivity contribution is 6.32. The molecule has 9 nitrogen and oxygen atoms in total. The zero-order valence-electron chi connectivity index (χ0n) is 18.3. The predicted molar refractivity (Wildman–Crippen MR) is 126 cm³/mol. The molecule has 0 bridgehead atoms. The number of carbonyl (C=O) groups is 1. The lowest BCUT2D eigenvalue weighted by molar-refractivity contribution is 0.0949. The van der Waals surface area contributed by atoms with Gasteiger partial charge in [-0.3, -0.25) is 4.79 Å². The van der Waals surface area contributed by atoms with Crippen LogP contribution in [0.15, 0.2) is 43.0 Å². The highest BCUT2D eigenvalue weighted by atomic mass is 35.5. The van der Waals surface area contributed by atoms with Gasteiger partial charge in [0, 0.05) is 12.2 Å². The van der Waals surface area contributed by atoms with Crippen LogP contribution in [-0.4, -0.2) is 41.1 Å². The number of carbonyl (C=O) groups excluding carboxylic acids is 1. The van der Waals surface area contributed by atoms with Crippen LogP contribution in [0.3, 0.4) is 0 Å². The third-order valence-corrected chi connectivity index (χ3v) is 5.92. The number of hydrogen-bond acceptors (Lipinski definition) is 6. The summed E-state index contributed by atoms with van der Waals surface area (Å²) >= 11 is 6.28. The van der Waals surface area contributed by atoms with Crippen LogP contribution in [0.5, 0.6) is 0 Å². The van der Waals surface area contributed by atoms with Crippen molar-refractivity contribution in [2.45, 2.75) is 51.6 Å². The van der Waals surface area contributed by atoms with Gasteiger partial charge in [-0.25, -0.2) is 14.6 Å². The van der Waals surface area contributed by atoms with Crippen molar-refractivity contribution in [3.63, 3.8) is 0 Å². The lowest BCUT2D eigenvalue weighted by Crippen LogP contribution is -2.24. The standard InChI is InChI=1S/C23H25ClN8O/c1-2-3-6-19-17(22(33)26-12-16-11-25-20-7-4-5-10-31(16)20)13-28-32(19)23-27-14-18(24)21(30-23)29-15-8-9-15/h4-5,7,10-11,13-15H,2-3,6,8-9,12H2,1H3,(H,26,33)(H,27,29,30). The van der Waals surface area contributed by atoms with E-state index < -0.39 is 0 Å². The van der Waals surface area contributed by atoms with E-state index in [-0.39, 0.29) is 5.91 Å². The van der Waals surface area contributed by atoms with Crippen LogP contribution >= 0.6 is 11.6 Å². The highest BCUT2D eigenvalue weighted by Gasteiger charge is 2.24. The Balaban J connectivity index is 1.40. The van der Waals surface area contributed by atoms with E-state index in [0.717, 1.165) is 42.7 Å². The fourth-order valence-electron chi connectivity index (χ4n) is 3.68. The Bertz CT molecular complexity index is 1290. The van der Waals surface area contributed by atoms with Crippen molar-refractivity contribution in [2.24, 2.45) is 0 Å². The van der Waals surface area contributed by atoms with Crippen LogP contribution < -0.4 is 10.6 Å². The van der Waals surface area contributed by atoms with Gasteiger partial charge in [-0.05, 0) is 37.8 Å². The topological polar surface area (TPSA) is 102 Å². The maximum absolute atomic E-state index is 13.1. The first-order valence-corrected chi connectivity index (χ1v) is 11.6. The van der Waals surface area contributed by atoms with Gasteiger partial charge in [-0.15, -0.1) is 0 Å². The van der Waals surface area contributed by atoms with Crippen molar-refractivity contribution in [1.82, 2.24) is 34.4 Å². The van der Waals surface area contributed by atoms with E-state index in [1.54, 1.807) is 23.3 Å². The van der Waals surface area contributed by atoms with Gasteiger partial charge < -0.3 is 15.0 Å². The van der Waals surface area contributed by atoms with E-state index in [1.807, 2.05) is 28.8 Å². The third-order valence-electron chi connectivity index (χ3n) is 5.64. The Kier molecular flexibility index (Phi) is 5.95. The Morgan fingerprint density at radius 3 is 2.91 bits per heavy atom. The van der Waals surface area contributed by atoms with Crippen LogP contribution in [0.1, 0.15) is 54.4 Å². The Hall–Kier alpha value is -3.46. The summed E-state index contributed by atoms with van der Waals surface area (Å²) in [5.41, 5.74) is 3.05. The Morgan fingerprint density at radius 1 is 1.21 bits per heavy atom. The van der Waals surface area contributed by atoms with Crippen molar-refractivity contribution in [3.8, 4) is 5.95 Å². The van der Waals surface area contributed by atoms with E-state index in [2.05, 4.69) is 37.6 Å². The first-order chi connectivity index (χ1) is 16.1.